The number of benzene rings is 2. The maximum Gasteiger partial charge on any atom is 0.419 e. The number of ether oxygens (including phenoxy) is 1. The van der Waals surface area contributed by atoms with Crippen molar-refractivity contribution in [2.75, 3.05) is 5.32 Å². The minimum atomic E-state index is -4.81. The normalized spacial score (nSPS) is 11.2. The zero-order chi connectivity index (χ0) is 17.9. The molecule has 1 aromatic heterocycles. The Morgan fingerprint density at radius 2 is 1.68 bits per heavy atom. The second kappa shape index (κ2) is 6.76. The summed E-state index contributed by atoms with van der Waals surface area (Å²) in [4.78, 5) is 7.85. The van der Waals surface area contributed by atoms with E-state index < -0.39 is 17.6 Å². The number of nitrogens with zero attached hydrogens (tertiary/aromatic N) is 2. The van der Waals surface area contributed by atoms with Gasteiger partial charge >= 0.3 is 6.18 Å². The van der Waals surface area contributed by atoms with E-state index in [0.717, 1.165) is 11.8 Å². The Balaban J connectivity index is 1.81. The van der Waals surface area contributed by atoms with Gasteiger partial charge < -0.3 is 10.1 Å². The Kier molecular flexibility index (Phi) is 4.51. The summed E-state index contributed by atoms with van der Waals surface area (Å²) in [6.45, 7) is 0. The van der Waals surface area contributed by atoms with Gasteiger partial charge in [0.25, 0.3) is 0 Å². The van der Waals surface area contributed by atoms with Crippen molar-refractivity contribution >= 4 is 11.5 Å². The van der Waals surface area contributed by atoms with Gasteiger partial charge in [0.2, 0.25) is 5.88 Å². The van der Waals surface area contributed by atoms with Crippen LogP contribution in [0.5, 0.6) is 11.6 Å². The van der Waals surface area contributed by atoms with Crippen LogP contribution in [0, 0.1) is 5.82 Å². The Morgan fingerprint density at radius 3 is 2.40 bits per heavy atom. The number of hydrogen-bond acceptors (Lipinski definition) is 4. The van der Waals surface area contributed by atoms with Crippen LogP contribution < -0.4 is 10.1 Å². The number of alkyl halides is 3. The molecule has 0 amide bonds. The van der Waals surface area contributed by atoms with E-state index >= 15 is 0 Å². The van der Waals surface area contributed by atoms with Crippen molar-refractivity contribution in [3.05, 3.63) is 72.3 Å². The van der Waals surface area contributed by atoms with E-state index in [2.05, 4.69) is 15.3 Å². The predicted octanol–water partition coefficient (Wildman–Crippen LogP) is 5.17. The maximum atomic E-state index is 13.3. The molecule has 0 aliphatic carbocycles. The molecule has 0 aliphatic rings. The molecule has 0 bridgehead atoms. The number of aromatic nitrogens is 2. The Labute approximate surface area is 140 Å². The van der Waals surface area contributed by atoms with E-state index in [1.807, 2.05) is 30.3 Å². The average molecular weight is 349 g/mol. The molecule has 2 aromatic carbocycles. The van der Waals surface area contributed by atoms with Crippen LogP contribution >= 0.6 is 0 Å². The van der Waals surface area contributed by atoms with Crippen molar-refractivity contribution in [2.45, 2.75) is 6.18 Å². The fourth-order valence-electron chi connectivity index (χ4n) is 2.04. The molecule has 0 saturated heterocycles. The predicted molar refractivity (Wildman–Crippen MR) is 83.2 cm³/mol. The first-order valence-corrected chi connectivity index (χ1v) is 7.10. The van der Waals surface area contributed by atoms with Crippen LogP contribution in [0.2, 0.25) is 0 Å². The summed E-state index contributed by atoms with van der Waals surface area (Å²) >= 11 is 0. The summed E-state index contributed by atoms with van der Waals surface area (Å²) in [6.07, 6.45) is -3.61. The SMILES string of the molecule is Fc1ccc(Oc2cc(Nc3ccccc3)ncn2)cc1C(F)(F)F. The lowest BCUT2D eigenvalue weighted by Gasteiger charge is -2.11. The van der Waals surface area contributed by atoms with Crippen molar-refractivity contribution in [2.24, 2.45) is 0 Å². The fraction of sp³-hybridized carbons (Fsp3) is 0.0588. The molecule has 128 valence electrons. The molecule has 8 heteroatoms. The second-order valence-corrected chi connectivity index (χ2v) is 4.97. The molecule has 0 fully saturated rings. The molecule has 0 atom stereocenters. The van der Waals surface area contributed by atoms with Crippen LogP contribution in [-0.2, 0) is 6.18 Å². The Bertz CT molecular complexity index is 869. The highest BCUT2D eigenvalue weighted by Crippen LogP contribution is 2.34. The summed E-state index contributed by atoms with van der Waals surface area (Å²) < 4.78 is 56.8. The summed E-state index contributed by atoms with van der Waals surface area (Å²) in [5.74, 6) is -1.13. The van der Waals surface area contributed by atoms with Crippen LogP contribution in [0.25, 0.3) is 0 Å². The molecule has 1 N–H and O–H groups in total. The molecule has 0 aliphatic heterocycles. The van der Waals surface area contributed by atoms with E-state index in [-0.39, 0.29) is 11.6 Å². The van der Waals surface area contributed by atoms with Crippen LogP contribution in [0.3, 0.4) is 0 Å². The number of hydrogen-bond donors (Lipinski definition) is 1. The molecule has 0 unspecified atom stereocenters. The summed E-state index contributed by atoms with van der Waals surface area (Å²) in [6, 6.07) is 12.9. The van der Waals surface area contributed by atoms with E-state index in [0.29, 0.717) is 18.0 Å². The molecule has 0 spiro atoms. The van der Waals surface area contributed by atoms with Crippen molar-refractivity contribution in [3.63, 3.8) is 0 Å². The van der Waals surface area contributed by atoms with Crippen LogP contribution in [0.15, 0.2) is 60.9 Å². The minimum Gasteiger partial charge on any atom is -0.439 e. The van der Waals surface area contributed by atoms with Gasteiger partial charge in [-0.15, -0.1) is 0 Å². The zero-order valence-corrected chi connectivity index (χ0v) is 12.6. The molecule has 4 nitrogen and oxygen atoms in total. The van der Waals surface area contributed by atoms with E-state index in [1.54, 1.807) is 0 Å². The molecule has 0 saturated carbocycles. The topological polar surface area (TPSA) is 47.0 Å². The van der Waals surface area contributed by atoms with E-state index in [9.17, 15) is 17.6 Å². The maximum absolute atomic E-state index is 13.3. The monoisotopic (exact) mass is 349 g/mol. The number of nitrogens with one attached hydrogen (secondary N) is 1. The Morgan fingerprint density at radius 1 is 0.920 bits per heavy atom. The van der Waals surface area contributed by atoms with Gasteiger partial charge in [0.1, 0.15) is 23.7 Å². The third-order valence-electron chi connectivity index (χ3n) is 3.15. The number of para-hydroxylation sites is 1. The van der Waals surface area contributed by atoms with Crippen molar-refractivity contribution in [1.82, 2.24) is 9.97 Å². The lowest BCUT2D eigenvalue weighted by Crippen LogP contribution is -2.08. The van der Waals surface area contributed by atoms with Gasteiger partial charge in [-0.1, -0.05) is 18.2 Å². The quantitative estimate of drug-likeness (QED) is 0.660. The largest absolute Gasteiger partial charge is 0.439 e. The van der Waals surface area contributed by atoms with Gasteiger partial charge in [0.15, 0.2) is 0 Å². The van der Waals surface area contributed by atoms with Gasteiger partial charge in [-0.25, -0.2) is 14.4 Å². The number of rotatable bonds is 4. The molecule has 25 heavy (non-hydrogen) atoms. The number of anilines is 2. The highest BCUT2D eigenvalue weighted by atomic mass is 19.4. The van der Waals surface area contributed by atoms with Gasteiger partial charge in [-0.2, -0.15) is 13.2 Å². The minimum absolute atomic E-state index is 0.0214. The highest BCUT2D eigenvalue weighted by Gasteiger charge is 2.34. The van der Waals surface area contributed by atoms with Crippen LogP contribution in [0.4, 0.5) is 29.1 Å². The van der Waals surface area contributed by atoms with Crippen LogP contribution in [-0.4, -0.2) is 9.97 Å². The third-order valence-corrected chi connectivity index (χ3v) is 3.15. The first kappa shape index (κ1) is 16.7. The summed E-state index contributed by atoms with van der Waals surface area (Å²) in [5, 5.41) is 3.00. The van der Waals surface area contributed by atoms with Crippen molar-refractivity contribution in [3.8, 4) is 11.6 Å². The van der Waals surface area contributed by atoms with Crippen LogP contribution in [0.1, 0.15) is 5.56 Å². The molecular weight excluding hydrogens is 338 g/mol. The first-order valence-electron chi connectivity index (χ1n) is 7.10. The average Bonchev–Trinajstić information content (AvgIpc) is 2.57. The highest BCUT2D eigenvalue weighted by molar-refractivity contribution is 5.56. The molecule has 3 aromatic rings. The molecular formula is C17H11F4N3O. The second-order valence-electron chi connectivity index (χ2n) is 4.97. The van der Waals surface area contributed by atoms with Gasteiger partial charge in [0.05, 0.1) is 5.56 Å². The fourth-order valence-corrected chi connectivity index (χ4v) is 2.04. The Hall–Kier alpha value is -3.16. The summed E-state index contributed by atoms with van der Waals surface area (Å²) in [7, 11) is 0. The summed E-state index contributed by atoms with van der Waals surface area (Å²) in [5.41, 5.74) is -0.630. The lowest BCUT2D eigenvalue weighted by atomic mass is 10.2. The third kappa shape index (κ3) is 4.23. The van der Waals surface area contributed by atoms with Gasteiger partial charge in [0, 0.05) is 11.8 Å². The first-order chi connectivity index (χ1) is 11.9. The number of halogens is 4. The molecule has 0 radical (unpaired) electrons. The van der Waals surface area contributed by atoms with Crippen molar-refractivity contribution in [1.29, 1.82) is 0 Å². The van der Waals surface area contributed by atoms with E-state index in [4.69, 9.17) is 4.74 Å². The van der Waals surface area contributed by atoms with E-state index in [1.165, 1.54) is 12.4 Å². The van der Waals surface area contributed by atoms with Gasteiger partial charge in [-0.3, -0.25) is 0 Å². The smallest absolute Gasteiger partial charge is 0.419 e. The zero-order valence-electron chi connectivity index (χ0n) is 12.6. The molecule has 3 rings (SSSR count). The van der Waals surface area contributed by atoms with Crippen molar-refractivity contribution < 1.29 is 22.3 Å². The van der Waals surface area contributed by atoms with Gasteiger partial charge in [-0.05, 0) is 30.3 Å². The molecule has 1 heterocycles. The lowest BCUT2D eigenvalue weighted by molar-refractivity contribution is -0.140. The standard InChI is InChI=1S/C17H11F4N3O/c18-14-7-6-12(8-13(14)17(19,20)21)25-16-9-15(22-10-23-16)24-11-4-2-1-3-5-11/h1-10H,(H,22,23,24).